The minimum atomic E-state index is -4.38. The van der Waals surface area contributed by atoms with Gasteiger partial charge >= 0.3 is 6.18 Å². The number of alkyl halides is 3. The third kappa shape index (κ3) is 5.18. The number of halogens is 4. The van der Waals surface area contributed by atoms with Crippen molar-refractivity contribution in [3.8, 4) is 0 Å². The Kier molecular flexibility index (Phi) is 6.68. The molecule has 1 aromatic carbocycles. The van der Waals surface area contributed by atoms with Crippen molar-refractivity contribution in [3.05, 3.63) is 35.4 Å². The van der Waals surface area contributed by atoms with E-state index in [0.717, 1.165) is 37.8 Å². The average molecular weight is 337 g/mol. The van der Waals surface area contributed by atoms with Gasteiger partial charge in [0.05, 0.1) is 5.56 Å². The van der Waals surface area contributed by atoms with Gasteiger partial charge in [-0.2, -0.15) is 13.2 Å². The SMILES string of the molecule is Cl.NC1CCCC(CNC(=O)c2ccc(C(F)(F)F)cc2)C1. The van der Waals surface area contributed by atoms with Crippen LogP contribution in [0, 0.1) is 5.92 Å². The van der Waals surface area contributed by atoms with E-state index in [2.05, 4.69) is 5.32 Å². The van der Waals surface area contributed by atoms with Crippen molar-refractivity contribution in [1.29, 1.82) is 0 Å². The first kappa shape index (κ1) is 18.8. The van der Waals surface area contributed by atoms with Gasteiger partial charge in [-0.25, -0.2) is 0 Å². The molecule has 0 radical (unpaired) electrons. The summed E-state index contributed by atoms with van der Waals surface area (Å²) in [6, 6.07) is 4.43. The van der Waals surface area contributed by atoms with Gasteiger partial charge in [-0.1, -0.05) is 6.42 Å². The summed E-state index contributed by atoms with van der Waals surface area (Å²) in [6.07, 6.45) is -0.396. The van der Waals surface area contributed by atoms with Crippen LogP contribution in [-0.4, -0.2) is 18.5 Å². The highest BCUT2D eigenvalue weighted by atomic mass is 35.5. The van der Waals surface area contributed by atoms with E-state index in [1.807, 2.05) is 0 Å². The van der Waals surface area contributed by atoms with Crippen LogP contribution in [0.4, 0.5) is 13.2 Å². The molecule has 3 nitrogen and oxygen atoms in total. The number of carbonyl (C=O) groups is 1. The van der Waals surface area contributed by atoms with E-state index in [9.17, 15) is 18.0 Å². The van der Waals surface area contributed by atoms with Gasteiger partial charge in [0.25, 0.3) is 5.91 Å². The van der Waals surface area contributed by atoms with Gasteiger partial charge in [-0.3, -0.25) is 4.79 Å². The summed E-state index contributed by atoms with van der Waals surface area (Å²) < 4.78 is 37.3. The van der Waals surface area contributed by atoms with E-state index in [1.54, 1.807) is 0 Å². The Morgan fingerprint density at radius 2 is 1.86 bits per heavy atom. The summed E-state index contributed by atoms with van der Waals surface area (Å²) in [7, 11) is 0. The molecule has 0 saturated heterocycles. The Hall–Kier alpha value is -1.27. The van der Waals surface area contributed by atoms with Gasteiger partial charge in [0.15, 0.2) is 0 Å². The maximum atomic E-state index is 12.4. The largest absolute Gasteiger partial charge is 0.416 e. The van der Waals surface area contributed by atoms with Gasteiger partial charge in [0.2, 0.25) is 0 Å². The molecule has 1 fully saturated rings. The lowest BCUT2D eigenvalue weighted by atomic mass is 9.86. The normalized spacial score (nSPS) is 21.8. The number of rotatable bonds is 3. The van der Waals surface area contributed by atoms with Crippen molar-refractivity contribution in [2.75, 3.05) is 6.54 Å². The zero-order chi connectivity index (χ0) is 15.5. The molecule has 2 rings (SSSR count). The minimum Gasteiger partial charge on any atom is -0.352 e. The van der Waals surface area contributed by atoms with Crippen LogP contribution < -0.4 is 11.1 Å². The van der Waals surface area contributed by atoms with Crippen LogP contribution in [0.15, 0.2) is 24.3 Å². The van der Waals surface area contributed by atoms with Gasteiger partial charge in [0.1, 0.15) is 0 Å². The van der Waals surface area contributed by atoms with Crippen LogP contribution in [0.3, 0.4) is 0 Å². The molecule has 0 aromatic heterocycles. The zero-order valence-electron chi connectivity index (χ0n) is 12.0. The molecule has 1 aliphatic carbocycles. The molecular weight excluding hydrogens is 317 g/mol. The standard InChI is InChI=1S/C15H19F3N2O.ClH/c16-15(17,18)12-6-4-11(5-7-12)14(21)20-9-10-2-1-3-13(19)8-10;/h4-7,10,13H,1-3,8-9,19H2,(H,20,21);1H. The minimum absolute atomic E-state index is 0. The van der Waals surface area contributed by atoms with Crippen molar-refractivity contribution in [2.45, 2.75) is 37.9 Å². The van der Waals surface area contributed by atoms with E-state index in [1.165, 1.54) is 12.1 Å². The molecule has 1 aromatic rings. The lowest BCUT2D eigenvalue weighted by molar-refractivity contribution is -0.137. The fourth-order valence-electron chi connectivity index (χ4n) is 2.67. The van der Waals surface area contributed by atoms with Gasteiger partial charge in [-0.15, -0.1) is 12.4 Å². The second kappa shape index (κ2) is 7.83. The van der Waals surface area contributed by atoms with Crippen molar-refractivity contribution in [3.63, 3.8) is 0 Å². The van der Waals surface area contributed by atoms with Gasteiger partial charge in [0, 0.05) is 18.2 Å². The highest BCUT2D eigenvalue weighted by molar-refractivity contribution is 5.94. The summed E-state index contributed by atoms with van der Waals surface area (Å²) in [4.78, 5) is 11.9. The summed E-state index contributed by atoms with van der Waals surface area (Å²) in [5.41, 5.74) is 5.37. The molecule has 0 spiro atoms. The predicted octanol–water partition coefficient (Wildman–Crippen LogP) is 3.37. The number of nitrogens with one attached hydrogen (secondary N) is 1. The Labute approximate surface area is 133 Å². The fraction of sp³-hybridized carbons (Fsp3) is 0.533. The Bertz CT molecular complexity index is 491. The van der Waals surface area contributed by atoms with Crippen LogP contribution in [0.1, 0.15) is 41.6 Å². The van der Waals surface area contributed by atoms with Crippen LogP contribution in [0.25, 0.3) is 0 Å². The molecule has 1 aliphatic rings. The summed E-state index contributed by atoms with van der Waals surface area (Å²) in [6.45, 7) is 0.521. The molecule has 2 unspecified atom stereocenters. The number of amides is 1. The lowest BCUT2D eigenvalue weighted by Crippen LogP contribution is -2.35. The molecule has 1 saturated carbocycles. The quantitative estimate of drug-likeness (QED) is 0.889. The first-order valence-electron chi connectivity index (χ1n) is 7.07. The van der Waals surface area contributed by atoms with Gasteiger partial charge < -0.3 is 11.1 Å². The highest BCUT2D eigenvalue weighted by Gasteiger charge is 2.30. The average Bonchev–Trinajstić information content (AvgIpc) is 2.44. The number of benzene rings is 1. The molecule has 1 amide bonds. The van der Waals surface area contributed by atoms with Crippen LogP contribution in [-0.2, 0) is 6.18 Å². The molecule has 3 N–H and O–H groups in total. The number of hydrogen-bond donors (Lipinski definition) is 2. The lowest BCUT2D eigenvalue weighted by Gasteiger charge is -2.26. The Morgan fingerprint density at radius 1 is 1.23 bits per heavy atom. The number of carbonyl (C=O) groups excluding carboxylic acids is 1. The second-order valence-electron chi connectivity index (χ2n) is 5.58. The summed E-state index contributed by atoms with van der Waals surface area (Å²) in [5, 5.41) is 2.77. The monoisotopic (exact) mass is 336 g/mol. The van der Waals surface area contributed by atoms with Crippen LogP contribution in [0.2, 0.25) is 0 Å². The van der Waals surface area contributed by atoms with Gasteiger partial charge in [-0.05, 0) is 49.4 Å². The number of nitrogens with two attached hydrogens (primary N) is 1. The molecule has 0 aliphatic heterocycles. The second-order valence-corrected chi connectivity index (χ2v) is 5.58. The van der Waals surface area contributed by atoms with Crippen molar-refractivity contribution >= 4 is 18.3 Å². The molecule has 2 atom stereocenters. The summed E-state index contributed by atoms with van der Waals surface area (Å²) in [5.74, 6) is 0.00928. The van der Waals surface area contributed by atoms with Crippen LogP contribution >= 0.6 is 12.4 Å². The first-order valence-corrected chi connectivity index (χ1v) is 7.07. The molecule has 22 heavy (non-hydrogen) atoms. The maximum Gasteiger partial charge on any atom is 0.416 e. The first-order chi connectivity index (χ1) is 9.86. The smallest absolute Gasteiger partial charge is 0.352 e. The Morgan fingerprint density at radius 3 is 2.41 bits per heavy atom. The van der Waals surface area contributed by atoms with Crippen molar-refractivity contribution in [2.24, 2.45) is 11.7 Å². The third-order valence-corrected chi connectivity index (χ3v) is 3.85. The topological polar surface area (TPSA) is 55.1 Å². The zero-order valence-corrected chi connectivity index (χ0v) is 12.8. The van der Waals surface area contributed by atoms with E-state index in [4.69, 9.17) is 5.73 Å². The van der Waals surface area contributed by atoms with Crippen molar-refractivity contribution in [1.82, 2.24) is 5.32 Å². The van der Waals surface area contributed by atoms with Crippen LogP contribution in [0.5, 0.6) is 0 Å². The van der Waals surface area contributed by atoms with Crippen molar-refractivity contribution < 1.29 is 18.0 Å². The molecule has 7 heteroatoms. The molecule has 0 heterocycles. The summed E-state index contributed by atoms with van der Waals surface area (Å²) >= 11 is 0. The highest BCUT2D eigenvalue weighted by Crippen LogP contribution is 2.29. The maximum absolute atomic E-state index is 12.4. The molecule has 0 bridgehead atoms. The molecule has 124 valence electrons. The Balaban J connectivity index is 0.00000242. The van der Waals surface area contributed by atoms with E-state index < -0.39 is 11.7 Å². The van der Waals surface area contributed by atoms with E-state index >= 15 is 0 Å². The molecular formula is C15H20ClF3N2O. The predicted molar refractivity (Wildman–Crippen MR) is 81.0 cm³/mol. The number of hydrogen-bond acceptors (Lipinski definition) is 2. The van der Waals surface area contributed by atoms with E-state index in [0.29, 0.717) is 12.5 Å². The third-order valence-electron chi connectivity index (χ3n) is 3.85. The fourth-order valence-corrected chi connectivity index (χ4v) is 2.67. The van der Waals surface area contributed by atoms with E-state index in [-0.39, 0.29) is 29.9 Å².